The maximum absolute atomic E-state index is 11.6. The van der Waals surface area contributed by atoms with E-state index in [4.69, 9.17) is 11.5 Å². The number of anilines is 1. The van der Waals surface area contributed by atoms with Crippen molar-refractivity contribution in [1.82, 2.24) is 0 Å². The van der Waals surface area contributed by atoms with Crippen molar-refractivity contribution in [3.63, 3.8) is 0 Å². The van der Waals surface area contributed by atoms with E-state index >= 15 is 0 Å². The molecule has 0 spiro atoms. The van der Waals surface area contributed by atoms with E-state index < -0.39 is 21.5 Å². The zero-order valence-corrected chi connectivity index (χ0v) is 9.04. The summed E-state index contributed by atoms with van der Waals surface area (Å²) >= 11 is 0. The minimum atomic E-state index is -3.71. The van der Waals surface area contributed by atoms with Crippen LogP contribution in [0, 0.1) is 6.92 Å². The van der Waals surface area contributed by atoms with Crippen molar-refractivity contribution in [1.29, 1.82) is 0 Å². The van der Waals surface area contributed by atoms with Crippen molar-refractivity contribution in [2.45, 2.75) is 11.8 Å². The average Bonchev–Trinajstić information content (AvgIpc) is 1.99. The van der Waals surface area contributed by atoms with Crippen molar-refractivity contribution in [2.24, 2.45) is 5.73 Å². The summed E-state index contributed by atoms with van der Waals surface area (Å²) in [6, 6.07) is 4.53. The fraction of sp³-hybridized carbons (Fsp3) is 0.222. The zero-order chi connectivity index (χ0) is 11.6. The molecule has 1 aromatic carbocycles. The number of carbonyl (C=O) groups excluding carboxylic acids is 1. The number of hydrogen-bond donors (Lipinski definition) is 2. The number of primary amides is 1. The molecule has 4 N–H and O–H groups in total. The fourth-order valence-electron chi connectivity index (χ4n) is 1.22. The van der Waals surface area contributed by atoms with Crippen LogP contribution in [0.1, 0.15) is 5.56 Å². The molecule has 0 saturated heterocycles. The number of sulfone groups is 1. The lowest BCUT2D eigenvalue weighted by atomic mass is 10.2. The van der Waals surface area contributed by atoms with E-state index in [1.807, 2.05) is 0 Å². The Morgan fingerprint density at radius 3 is 2.47 bits per heavy atom. The van der Waals surface area contributed by atoms with Gasteiger partial charge in [0.25, 0.3) is 0 Å². The third-order valence-corrected chi connectivity index (χ3v) is 3.54. The molecule has 0 unspecified atom stereocenters. The van der Waals surface area contributed by atoms with E-state index in [9.17, 15) is 13.2 Å². The smallest absolute Gasteiger partial charge is 0.233 e. The lowest BCUT2D eigenvalue weighted by Crippen LogP contribution is -2.23. The largest absolute Gasteiger partial charge is 0.398 e. The summed E-state index contributed by atoms with van der Waals surface area (Å²) in [4.78, 5) is 10.5. The Morgan fingerprint density at radius 2 is 2.00 bits per heavy atom. The van der Waals surface area contributed by atoms with Gasteiger partial charge in [-0.25, -0.2) is 8.42 Å². The molecule has 82 valence electrons. The van der Waals surface area contributed by atoms with Crippen molar-refractivity contribution >= 4 is 21.4 Å². The molecule has 0 bridgehead atoms. The van der Waals surface area contributed by atoms with E-state index in [1.165, 1.54) is 12.1 Å². The van der Waals surface area contributed by atoms with Crippen LogP contribution in [-0.4, -0.2) is 20.1 Å². The van der Waals surface area contributed by atoms with E-state index in [1.54, 1.807) is 13.0 Å². The predicted molar refractivity (Wildman–Crippen MR) is 56.8 cm³/mol. The highest BCUT2D eigenvalue weighted by Gasteiger charge is 2.19. The van der Waals surface area contributed by atoms with Crippen molar-refractivity contribution in [3.8, 4) is 0 Å². The summed E-state index contributed by atoms with van der Waals surface area (Å²) < 4.78 is 23.2. The van der Waals surface area contributed by atoms with Crippen LogP contribution < -0.4 is 11.5 Å². The summed E-state index contributed by atoms with van der Waals surface area (Å²) in [6.07, 6.45) is 0. The van der Waals surface area contributed by atoms with Crippen LogP contribution in [0.2, 0.25) is 0 Å². The van der Waals surface area contributed by atoms with Gasteiger partial charge in [-0.2, -0.15) is 0 Å². The first kappa shape index (κ1) is 11.5. The van der Waals surface area contributed by atoms with Gasteiger partial charge < -0.3 is 11.5 Å². The van der Waals surface area contributed by atoms with Gasteiger partial charge in [0.05, 0.1) is 10.6 Å². The average molecular weight is 228 g/mol. The van der Waals surface area contributed by atoms with Gasteiger partial charge in [-0.1, -0.05) is 6.07 Å². The van der Waals surface area contributed by atoms with Gasteiger partial charge in [-0.15, -0.1) is 0 Å². The zero-order valence-electron chi connectivity index (χ0n) is 8.23. The maximum Gasteiger partial charge on any atom is 0.233 e. The summed E-state index contributed by atoms with van der Waals surface area (Å²) in [5.74, 6) is -1.62. The molecule has 0 saturated carbocycles. The highest BCUT2D eigenvalue weighted by Crippen LogP contribution is 2.20. The van der Waals surface area contributed by atoms with Crippen LogP contribution in [0.3, 0.4) is 0 Å². The Bertz CT molecular complexity index is 494. The Balaban J connectivity index is 3.22. The fourth-order valence-corrected chi connectivity index (χ4v) is 2.44. The third kappa shape index (κ3) is 2.69. The number of benzene rings is 1. The maximum atomic E-state index is 11.6. The molecule has 15 heavy (non-hydrogen) atoms. The molecule has 0 aliphatic rings. The van der Waals surface area contributed by atoms with Crippen molar-refractivity contribution < 1.29 is 13.2 Å². The van der Waals surface area contributed by atoms with Crippen LogP contribution in [0.25, 0.3) is 0 Å². The standard InChI is InChI=1S/C9H12N2O3S/c1-6-2-3-8(7(10)4-6)15(13,14)5-9(11)12/h2-4H,5,10H2,1H3,(H2,11,12). The van der Waals surface area contributed by atoms with Gasteiger partial charge >= 0.3 is 0 Å². The number of nitrogen functional groups attached to an aromatic ring is 1. The number of nitrogens with two attached hydrogens (primary N) is 2. The summed E-state index contributed by atoms with van der Waals surface area (Å²) in [5.41, 5.74) is 11.4. The molecule has 0 atom stereocenters. The molecule has 0 aliphatic carbocycles. The molecule has 1 rings (SSSR count). The Hall–Kier alpha value is -1.56. The van der Waals surface area contributed by atoms with Crippen LogP contribution in [-0.2, 0) is 14.6 Å². The Kier molecular flexibility index (Phi) is 2.99. The second kappa shape index (κ2) is 3.90. The quantitative estimate of drug-likeness (QED) is 0.701. The highest BCUT2D eigenvalue weighted by atomic mass is 32.2. The molecule has 0 aliphatic heterocycles. The molecular formula is C9H12N2O3S. The van der Waals surface area contributed by atoms with Crippen LogP contribution in [0.15, 0.2) is 23.1 Å². The van der Waals surface area contributed by atoms with E-state index in [0.717, 1.165) is 5.56 Å². The summed E-state index contributed by atoms with van der Waals surface area (Å²) in [5, 5.41) is 0. The molecule has 1 amide bonds. The van der Waals surface area contributed by atoms with Gasteiger partial charge in [0.15, 0.2) is 9.84 Å². The monoisotopic (exact) mass is 228 g/mol. The normalized spacial score (nSPS) is 11.3. The van der Waals surface area contributed by atoms with Crippen LogP contribution >= 0.6 is 0 Å². The molecular weight excluding hydrogens is 216 g/mol. The lowest BCUT2D eigenvalue weighted by molar-refractivity contribution is -0.115. The first-order valence-electron chi connectivity index (χ1n) is 4.20. The SMILES string of the molecule is Cc1ccc(S(=O)(=O)CC(N)=O)c(N)c1. The first-order chi connectivity index (χ1) is 6.83. The highest BCUT2D eigenvalue weighted by molar-refractivity contribution is 7.92. The topological polar surface area (TPSA) is 103 Å². The molecule has 0 fully saturated rings. The van der Waals surface area contributed by atoms with E-state index in [2.05, 4.69) is 0 Å². The molecule has 1 aromatic rings. The van der Waals surface area contributed by atoms with Gasteiger partial charge in [0.2, 0.25) is 5.91 Å². The van der Waals surface area contributed by atoms with E-state index in [0.29, 0.717) is 0 Å². The van der Waals surface area contributed by atoms with Gasteiger partial charge in [-0.3, -0.25) is 4.79 Å². The Morgan fingerprint density at radius 1 is 1.40 bits per heavy atom. The molecule has 6 heteroatoms. The molecule has 0 aromatic heterocycles. The lowest BCUT2D eigenvalue weighted by Gasteiger charge is -2.06. The number of rotatable bonds is 3. The predicted octanol–water partition coefficient (Wildman–Crippen LogP) is -0.164. The summed E-state index contributed by atoms with van der Waals surface area (Å²) in [7, 11) is -3.71. The number of aryl methyl sites for hydroxylation is 1. The van der Waals surface area contributed by atoms with Crippen molar-refractivity contribution in [3.05, 3.63) is 23.8 Å². The second-order valence-corrected chi connectivity index (χ2v) is 5.22. The van der Waals surface area contributed by atoms with E-state index in [-0.39, 0.29) is 10.6 Å². The van der Waals surface area contributed by atoms with Crippen LogP contribution in [0.5, 0.6) is 0 Å². The second-order valence-electron chi connectivity index (χ2n) is 3.27. The minimum Gasteiger partial charge on any atom is -0.398 e. The van der Waals surface area contributed by atoms with Gasteiger partial charge in [0, 0.05) is 0 Å². The van der Waals surface area contributed by atoms with Gasteiger partial charge in [0.1, 0.15) is 5.75 Å². The number of hydrogen-bond acceptors (Lipinski definition) is 4. The molecule has 0 radical (unpaired) electrons. The van der Waals surface area contributed by atoms with Gasteiger partial charge in [-0.05, 0) is 24.6 Å². The molecule has 5 nitrogen and oxygen atoms in total. The number of carbonyl (C=O) groups is 1. The first-order valence-corrected chi connectivity index (χ1v) is 5.85. The van der Waals surface area contributed by atoms with Crippen molar-refractivity contribution in [2.75, 3.05) is 11.5 Å². The summed E-state index contributed by atoms with van der Waals surface area (Å²) in [6.45, 7) is 1.79. The third-order valence-electron chi connectivity index (χ3n) is 1.83. The number of amides is 1. The Labute approximate surface area is 88.0 Å². The minimum absolute atomic E-state index is 0.0492. The molecule has 0 heterocycles. The van der Waals surface area contributed by atoms with Crippen LogP contribution in [0.4, 0.5) is 5.69 Å².